The molecule has 1 aromatic heterocycles. The summed E-state index contributed by atoms with van der Waals surface area (Å²) in [6.45, 7) is 3.28. The Morgan fingerprint density at radius 3 is 2.73 bits per heavy atom. The summed E-state index contributed by atoms with van der Waals surface area (Å²) >= 11 is 0. The number of benzene rings is 1. The number of pyridine rings is 1. The molecule has 4 nitrogen and oxygen atoms in total. The maximum atomic E-state index is 12.8. The summed E-state index contributed by atoms with van der Waals surface area (Å²) in [4.78, 5) is 16.2. The molecule has 116 valence electrons. The molecule has 5 heteroatoms. The van der Waals surface area contributed by atoms with E-state index in [-0.39, 0.29) is 11.7 Å². The Morgan fingerprint density at radius 2 is 2.00 bits per heavy atom. The van der Waals surface area contributed by atoms with Crippen molar-refractivity contribution in [2.45, 2.75) is 26.3 Å². The van der Waals surface area contributed by atoms with Crippen molar-refractivity contribution in [2.24, 2.45) is 0 Å². The summed E-state index contributed by atoms with van der Waals surface area (Å²) in [5.41, 5.74) is 1.52. The van der Waals surface area contributed by atoms with Crippen LogP contribution in [0.2, 0.25) is 0 Å². The maximum Gasteiger partial charge on any atom is 0.251 e. The molecule has 22 heavy (non-hydrogen) atoms. The summed E-state index contributed by atoms with van der Waals surface area (Å²) in [6.07, 6.45) is 3.61. The van der Waals surface area contributed by atoms with Crippen LogP contribution in [0.5, 0.6) is 0 Å². The van der Waals surface area contributed by atoms with Gasteiger partial charge in [0.1, 0.15) is 11.6 Å². The van der Waals surface area contributed by atoms with E-state index in [0.29, 0.717) is 24.5 Å². The maximum absolute atomic E-state index is 12.8. The molecule has 0 bridgehead atoms. The zero-order chi connectivity index (χ0) is 15.8. The lowest BCUT2D eigenvalue weighted by Gasteiger charge is -2.08. The molecule has 0 aliphatic heterocycles. The lowest BCUT2D eigenvalue weighted by Crippen LogP contribution is -2.24. The van der Waals surface area contributed by atoms with E-state index in [9.17, 15) is 9.18 Å². The van der Waals surface area contributed by atoms with Crippen LogP contribution in [0, 0.1) is 5.82 Å². The van der Waals surface area contributed by atoms with Crippen LogP contribution in [0.1, 0.15) is 35.7 Å². The molecule has 0 radical (unpaired) electrons. The Bertz CT molecular complexity index is 614. The summed E-state index contributed by atoms with van der Waals surface area (Å²) in [5, 5.41) is 6.00. The van der Waals surface area contributed by atoms with Gasteiger partial charge >= 0.3 is 0 Å². The lowest BCUT2D eigenvalue weighted by molar-refractivity contribution is 0.0953. The Balaban J connectivity index is 1.93. The monoisotopic (exact) mass is 301 g/mol. The van der Waals surface area contributed by atoms with Gasteiger partial charge in [-0.2, -0.15) is 0 Å². The minimum absolute atomic E-state index is 0.0966. The molecule has 2 N–H and O–H groups in total. The van der Waals surface area contributed by atoms with Crippen molar-refractivity contribution < 1.29 is 9.18 Å². The molecule has 0 spiro atoms. The van der Waals surface area contributed by atoms with Crippen molar-refractivity contribution in [1.29, 1.82) is 0 Å². The van der Waals surface area contributed by atoms with Crippen molar-refractivity contribution in [2.75, 3.05) is 11.9 Å². The van der Waals surface area contributed by atoms with E-state index in [1.54, 1.807) is 30.5 Å². The highest BCUT2D eigenvalue weighted by molar-refractivity contribution is 5.94. The highest BCUT2D eigenvalue weighted by Crippen LogP contribution is 2.10. The number of unbranched alkanes of at least 4 members (excludes halogenated alkanes) is 1. The number of hydrogen-bond donors (Lipinski definition) is 2. The van der Waals surface area contributed by atoms with Gasteiger partial charge in [0.15, 0.2) is 0 Å². The first-order valence-corrected chi connectivity index (χ1v) is 7.41. The minimum Gasteiger partial charge on any atom is -0.366 e. The van der Waals surface area contributed by atoms with E-state index < -0.39 is 0 Å². The van der Waals surface area contributed by atoms with Crippen molar-refractivity contribution >= 4 is 11.7 Å². The Kier molecular flexibility index (Phi) is 5.89. The number of hydrogen-bond acceptors (Lipinski definition) is 3. The molecule has 1 heterocycles. The highest BCUT2D eigenvalue weighted by atomic mass is 19.1. The summed E-state index contributed by atoms with van der Waals surface area (Å²) in [7, 11) is 0. The van der Waals surface area contributed by atoms with E-state index in [4.69, 9.17) is 0 Å². The van der Waals surface area contributed by atoms with Crippen LogP contribution in [0.4, 0.5) is 10.2 Å². The van der Waals surface area contributed by atoms with Crippen LogP contribution < -0.4 is 10.6 Å². The fraction of sp³-hybridized carbons (Fsp3) is 0.294. The molecular weight excluding hydrogens is 281 g/mol. The largest absolute Gasteiger partial charge is 0.366 e. The number of nitrogens with one attached hydrogen (secondary N) is 2. The number of amides is 1. The quantitative estimate of drug-likeness (QED) is 0.771. The number of carbonyl (C=O) groups is 1. The number of carbonyl (C=O) groups excluding carboxylic acids is 1. The molecule has 0 aliphatic rings. The van der Waals surface area contributed by atoms with E-state index in [1.165, 1.54) is 12.1 Å². The molecule has 2 aromatic rings. The molecule has 2 rings (SSSR count). The first-order chi connectivity index (χ1) is 10.7. The predicted molar refractivity (Wildman–Crippen MR) is 85.2 cm³/mol. The second-order valence-electron chi connectivity index (χ2n) is 5.02. The molecule has 0 fully saturated rings. The van der Waals surface area contributed by atoms with Gasteiger partial charge in [0.2, 0.25) is 0 Å². The van der Waals surface area contributed by atoms with E-state index in [1.807, 2.05) is 0 Å². The normalized spacial score (nSPS) is 10.3. The van der Waals surface area contributed by atoms with Gasteiger partial charge in [-0.15, -0.1) is 0 Å². The van der Waals surface area contributed by atoms with Crippen molar-refractivity contribution in [3.63, 3.8) is 0 Å². The Hall–Kier alpha value is -2.43. The molecule has 1 amide bonds. The number of halogens is 1. The summed E-state index contributed by atoms with van der Waals surface area (Å²) in [6, 6.07) is 9.66. The average Bonchev–Trinajstić information content (AvgIpc) is 2.55. The SMILES string of the molecule is CCCCNC(=O)c1ccnc(NCc2ccc(F)cc2)c1. The number of nitrogens with zero attached hydrogens (tertiary/aromatic N) is 1. The van der Waals surface area contributed by atoms with Crippen LogP contribution in [0.15, 0.2) is 42.6 Å². The zero-order valence-electron chi connectivity index (χ0n) is 12.6. The van der Waals surface area contributed by atoms with E-state index >= 15 is 0 Å². The smallest absolute Gasteiger partial charge is 0.251 e. The van der Waals surface area contributed by atoms with Crippen molar-refractivity contribution in [1.82, 2.24) is 10.3 Å². The van der Waals surface area contributed by atoms with Gasteiger partial charge in [0, 0.05) is 24.8 Å². The van der Waals surface area contributed by atoms with Crippen molar-refractivity contribution in [3.8, 4) is 0 Å². The van der Waals surface area contributed by atoms with Gasteiger partial charge in [-0.05, 0) is 36.2 Å². The molecule has 0 saturated carbocycles. The van der Waals surface area contributed by atoms with Gasteiger partial charge in [0.05, 0.1) is 0 Å². The van der Waals surface area contributed by atoms with Crippen molar-refractivity contribution in [3.05, 3.63) is 59.5 Å². The number of rotatable bonds is 7. The Labute approximate surface area is 129 Å². The van der Waals surface area contributed by atoms with Crippen LogP contribution in [-0.4, -0.2) is 17.4 Å². The molecule has 0 saturated heterocycles. The number of aromatic nitrogens is 1. The van der Waals surface area contributed by atoms with Gasteiger partial charge in [0.25, 0.3) is 5.91 Å². The highest BCUT2D eigenvalue weighted by Gasteiger charge is 2.06. The van der Waals surface area contributed by atoms with Crippen LogP contribution in [0.25, 0.3) is 0 Å². The summed E-state index contributed by atoms with van der Waals surface area (Å²) < 4.78 is 12.8. The number of anilines is 1. The Morgan fingerprint density at radius 1 is 1.23 bits per heavy atom. The lowest BCUT2D eigenvalue weighted by atomic mass is 10.2. The third-order valence-corrected chi connectivity index (χ3v) is 3.22. The zero-order valence-corrected chi connectivity index (χ0v) is 12.6. The fourth-order valence-electron chi connectivity index (χ4n) is 1.94. The molecule has 0 aliphatic carbocycles. The van der Waals surface area contributed by atoms with Gasteiger partial charge in [-0.3, -0.25) is 4.79 Å². The third kappa shape index (κ3) is 4.84. The fourth-order valence-corrected chi connectivity index (χ4v) is 1.94. The van der Waals surface area contributed by atoms with Crippen LogP contribution >= 0.6 is 0 Å². The first kappa shape index (κ1) is 15.9. The molecule has 0 atom stereocenters. The second-order valence-corrected chi connectivity index (χ2v) is 5.02. The molecule has 1 aromatic carbocycles. The van der Waals surface area contributed by atoms with Gasteiger partial charge in [-0.25, -0.2) is 9.37 Å². The van der Waals surface area contributed by atoms with E-state index in [2.05, 4.69) is 22.5 Å². The standard InChI is InChI=1S/C17H20FN3O/c1-2-3-9-20-17(22)14-8-10-19-16(11-14)21-12-13-4-6-15(18)7-5-13/h4-8,10-11H,2-3,9,12H2,1H3,(H,19,21)(H,20,22). The third-order valence-electron chi connectivity index (χ3n) is 3.22. The summed E-state index contributed by atoms with van der Waals surface area (Å²) in [5.74, 6) is 0.265. The van der Waals surface area contributed by atoms with Gasteiger partial charge < -0.3 is 10.6 Å². The minimum atomic E-state index is -0.257. The molecular formula is C17H20FN3O. The topological polar surface area (TPSA) is 54.0 Å². The predicted octanol–water partition coefficient (Wildman–Crippen LogP) is 3.36. The first-order valence-electron chi connectivity index (χ1n) is 7.41. The molecule has 0 unspecified atom stereocenters. The van der Waals surface area contributed by atoms with Gasteiger partial charge in [-0.1, -0.05) is 25.5 Å². The average molecular weight is 301 g/mol. The second kappa shape index (κ2) is 8.12. The van der Waals surface area contributed by atoms with Crippen LogP contribution in [0.3, 0.4) is 0 Å². The van der Waals surface area contributed by atoms with Crippen LogP contribution in [-0.2, 0) is 6.54 Å². The van der Waals surface area contributed by atoms with E-state index in [0.717, 1.165) is 18.4 Å².